The van der Waals surface area contributed by atoms with Crippen LogP contribution in [-0.4, -0.2) is 34.2 Å². The van der Waals surface area contributed by atoms with Gasteiger partial charge in [0.25, 0.3) is 0 Å². The standard InChI is InChI=1S/C14H26N4O/c1-11(12-5-7-19-8-6-12)15-9-13-10-18(17-16-13)14(2,3)4/h10-12,15H,5-9H2,1-4H3. The Hall–Kier alpha value is -0.940. The van der Waals surface area contributed by atoms with Gasteiger partial charge in [0.2, 0.25) is 0 Å². The minimum Gasteiger partial charge on any atom is -0.381 e. The predicted molar refractivity (Wildman–Crippen MR) is 74.9 cm³/mol. The fourth-order valence-corrected chi connectivity index (χ4v) is 2.36. The average Bonchev–Trinajstić information content (AvgIpc) is 2.86. The molecule has 5 heteroatoms. The maximum Gasteiger partial charge on any atom is 0.0965 e. The number of hydrogen-bond donors (Lipinski definition) is 1. The van der Waals surface area contributed by atoms with Gasteiger partial charge in [-0.15, -0.1) is 5.10 Å². The van der Waals surface area contributed by atoms with E-state index in [1.165, 1.54) is 0 Å². The summed E-state index contributed by atoms with van der Waals surface area (Å²) in [7, 11) is 0. The molecule has 0 radical (unpaired) electrons. The van der Waals surface area contributed by atoms with Crippen molar-refractivity contribution in [2.45, 2.75) is 58.7 Å². The fraction of sp³-hybridized carbons (Fsp3) is 0.857. The van der Waals surface area contributed by atoms with Gasteiger partial charge in [0.15, 0.2) is 0 Å². The van der Waals surface area contributed by atoms with E-state index >= 15 is 0 Å². The lowest BCUT2D eigenvalue weighted by Crippen LogP contribution is -2.36. The third kappa shape index (κ3) is 4.01. The molecule has 1 unspecified atom stereocenters. The van der Waals surface area contributed by atoms with E-state index in [0.717, 1.165) is 38.3 Å². The maximum atomic E-state index is 5.40. The molecule has 1 aromatic rings. The van der Waals surface area contributed by atoms with Gasteiger partial charge in [-0.2, -0.15) is 0 Å². The van der Waals surface area contributed by atoms with Gasteiger partial charge in [-0.25, -0.2) is 4.68 Å². The van der Waals surface area contributed by atoms with E-state index in [1.807, 2.05) is 10.9 Å². The van der Waals surface area contributed by atoms with Crippen molar-refractivity contribution in [2.24, 2.45) is 5.92 Å². The molecule has 0 amide bonds. The molecule has 1 N–H and O–H groups in total. The molecule has 5 nitrogen and oxygen atoms in total. The average molecular weight is 266 g/mol. The monoisotopic (exact) mass is 266 g/mol. The Balaban J connectivity index is 1.83. The van der Waals surface area contributed by atoms with Crippen LogP contribution in [0.3, 0.4) is 0 Å². The molecule has 0 spiro atoms. The summed E-state index contributed by atoms with van der Waals surface area (Å²) < 4.78 is 7.32. The van der Waals surface area contributed by atoms with Crippen LogP contribution < -0.4 is 5.32 Å². The van der Waals surface area contributed by atoms with E-state index in [0.29, 0.717) is 12.0 Å². The number of ether oxygens (including phenoxy) is 1. The molecule has 2 heterocycles. The minimum absolute atomic E-state index is 0.00241. The van der Waals surface area contributed by atoms with Crippen LogP contribution in [0.5, 0.6) is 0 Å². The number of hydrogen-bond acceptors (Lipinski definition) is 4. The van der Waals surface area contributed by atoms with Crippen LogP contribution in [0.2, 0.25) is 0 Å². The van der Waals surface area contributed by atoms with Gasteiger partial charge in [0.05, 0.1) is 17.4 Å². The van der Waals surface area contributed by atoms with Gasteiger partial charge < -0.3 is 10.1 Å². The Morgan fingerprint density at radius 1 is 1.42 bits per heavy atom. The molecule has 1 aliphatic rings. The van der Waals surface area contributed by atoms with Crippen molar-refractivity contribution in [3.05, 3.63) is 11.9 Å². The summed E-state index contributed by atoms with van der Waals surface area (Å²) >= 11 is 0. The smallest absolute Gasteiger partial charge is 0.0965 e. The van der Waals surface area contributed by atoms with Crippen LogP contribution in [0.1, 0.15) is 46.2 Å². The lowest BCUT2D eigenvalue weighted by Gasteiger charge is -2.28. The molecular weight excluding hydrogens is 240 g/mol. The highest BCUT2D eigenvalue weighted by atomic mass is 16.5. The first-order valence-electron chi connectivity index (χ1n) is 7.19. The highest BCUT2D eigenvalue weighted by Crippen LogP contribution is 2.19. The van der Waals surface area contributed by atoms with Crippen LogP contribution in [-0.2, 0) is 16.8 Å². The lowest BCUT2D eigenvalue weighted by atomic mass is 9.93. The Kier molecular flexibility index (Phi) is 4.58. The summed E-state index contributed by atoms with van der Waals surface area (Å²) in [6.45, 7) is 11.2. The summed E-state index contributed by atoms with van der Waals surface area (Å²) in [5.74, 6) is 0.714. The van der Waals surface area contributed by atoms with Crippen molar-refractivity contribution < 1.29 is 4.74 Å². The van der Waals surface area contributed by atoms with Crippen molar-refractivity contribution in [3.8, 4) is 0 Å². The third-order valence-electron chi connectivity index (χ3n) is 3.81. The number of rotatable bonds is 4. The van der Waals surface area contributed by atoms with Gasteiger partial charge >= 0.3 is 0 Å². The summed E-state index contributed by atoms with van der Waals surface area (Å²) in [5.41, 5.74) is 1.01. The Morgan fingerprint density at radius 3 is 2.68 bits per heavy atom. The van der Waals surface area contributed by atoms with Gasteiger partial charge in [0, 0.05) is 25.8 Å². The first-order chi connectivity index (χ1) is 8.97. The zero-order valence-electron chi connectivity index (χ0n) is 12.5. The highest BCUT2D eigenvalue weighted by molar-refractivity contribution is 4.94. The fourth-order valence-electron chi connectivity index (χ4n) is 2.36. The van der Waals surface area contributed by atoms with E-state index in [1.54, 1.807) is 0 Å². The molecule has 1 fully saturated rings. The Labute approximate surface area is 115 Å². The molecule has 0 aromatic carbocycles. The predicted octanol–water partition coefficient (Wildman–Crippen LogP) is 1.94. The Bertz CT molecular complexity index is 390. The van der Waals surface area contributed by atoms with Crippen LogP contribution in [0, 0.1) is 5.92 Å². The van der Waals surface area contributed by atoms with Gasteiger partial charge in [-0.05, 0) is 46.5 Å². The summed E-state index contributed by atoms with van der Waals surface area (Å²) in [6.07, 6.45) is 4.34. The highest BCUT2D eigenvalue weighted by Gasteiger charge is 2.20. The molecule has 0 bridgehead atoms. The molecule has 1 aliphatic heterocycles. The lowest BCUT2D eigenvalue weighted by molar-refractivity contribution is 0.0557. The van der Waals surface area contributed by atoms with Crippen molar-refractivity contribution in [1.29, 1.82) is 0 Å². The topological polar surface area (TPSA) is 52.0 Å². The second kappa shape index (κ2) is 6.01. The van der Waals surface area contributed by atoms with Crippen molar-refractivity contribution in [2.75, 3.05) is 13.2 Å². The molecule has 1 aromatic heterocycles. The van der Waals surface area contributed by atoms with E-state index in [2.05, 4.69) is 43.3 Å². The molecule has 1 saturated heterocycles. The van der Waals surface area contributed by atoms with Crippen molar-refractivity contribution in [1.82, 2.24) is 20.3 Å². The second-order valence-electron chi connectivity index (χ2n) is 6.44. The Morgan fingerprint density at radius 2 is 2.11 bits per heavy atom. The zero-order chi connectivity index (χ0) is 13.9. The molecular formula is C14H26N4O. The first-order valence-corrected chi connectivity index (χ1v) is 7.19. The van der Waals surface area contributed by atoms with Crippen LogP contribution >= 0.6 is 0 Å². The summed E-state index contributed by atoms with van der Waals surface area (Å²) in [6, 6.07) is 0.503. The largest absolute Gasteiger partial charge is 0.381 e. The quantitative estimate of drug-likeness (QED) is 0.905. The van der Waals surface area contributed by atoms with E-state index in [9.17, 15) is 0 Å². The number of nitrogens with one attached hydrogen (secondary N) is 1. The van der Waals surface area contributed by atoms with Crippen LogP contribution in [0.25, 0.3) is 0 Å². The van der Waals surface area contributed by atoms with Crippen LogP contribution in [0.15, 0.2) is 6.20 Å². The number of nitrogens with zero attached hydrogens (tertiary/aromatic N) is 3. The number of aromatic nitrogens is 3. The molecule has 2 rings (SSSR count). The second-order valence-corrected chi connectivity index (χ2v) is 6.44. The third-order valence-corrected chi connectivity index (χ3v) is 3.81. The van der Waals surface area contributed by atoms with Crippen LogP contribution in [0.4, 0.5) is 0 Å². The van der Waals surface area contributed by atoms with Crippen molar-refractivity contribution >= 4 is 0 Å². The molecule has 1 atom stereocenters. The summed E-state index contributed by atoms with van der Waals surface area (Å²) in [5, 5.41) is 12.0. The van der Waals surface area contributed by atoms with E-state index in [-0.39, 0.29) is 5.54 Å². The van der Waals surface area contributed by atoms with Gasteiger partial charge in [0.1, 0.15) is 0 Å². The maximum absolute atomic E-state index is 5.40. The van der Waals surface area contributed by atoms with E-state index < -0.39 is 0 Å². The van der Waals surface area contributed by atoms with E-state index in [4.69, 9.17) is 4.74 Å². The molecule has 0 aliphatic carbocycles. The normalized spacial score (nSPS) is 19.6. The summed E-state index contributed by atoms with van der Waals surface area (Å²) in [4.78, 5) is 0. The first kappa shape index (κ1) is 14.5. The molecule has 19 heavy (non-hydrogen) atoms. The van der Waals surface area contributed by atoms with Crippen molar-refractivity contribution in [3.63, 3.8) is 0 Å². The minimum atomic E-state index is -0.00241. The SMILES string of the molecule is CC(NCc1cn(C(C)(C)C)nn1)C1CCOCC1. The zero-order valence-corrected chi connectivity index (χ0v) is 12.5. The molecule has 108 valence electrons. The molecule has 0 saturated carbocycles. The van der Waals surface area contributed by atoms with Gasteiger partial charge in [-0.3, -0.25) is 0 Å². The van der Waals surface area contributed by atoms with Gasteiger partial charge in [-0.1, -0.05) is 5.21 Å².